The van der Waals surface area contributed by atoms with E-state index in [4.69, 9.17) is 4.55 Å². The highest BCUT2D eigenvalue weighted by atomic mass is 32.3. The van der Waals surface area contributed by atoms with Crippen LogP contribution in [0.4, 0.5) is 0 Å². The molecule has 1 aliphatic rings. The molecular formula is C3H3NO4S2. The zero-order valence-corrected chi connectivity index (χ0v) is 6.28. The molecule has 10 heavy (non-hydrogen) atoms. The highest BCUT2D eigenvalue weighted by Crippen LogP contribution is 2.16. The van der Waals surface area contributed by atoms with E-state index in [2.05, 4.69) is 4.99 Å². The van der Waals surface area contributed by atoms with Crippen LogP contribution in [-0.2, 0) is 14.9 Å². The van der Waals surface area contributed by atoms with Crippen molar-refractivity contribution in [1.82, 2.24) is 0 Å². The summed E-state index contributed by atoms with van der Waals surface area (Å²) in [4.78, 5) is 13.4. The van der Waals surface area contributed by atoms with Gasteiger partial charge in [-0.05, 0) is 0 Å². The van der Waals surface area contributed by atoms with Crippen molar-refractivity contribution in [2.75, 3.05) is 5.75 Å². The molecule has 0 aromatic heterocycles. The molecule has 56 valence electrons. The maximum Gasteiger partial charge on any atom is 0.318 e. The summed E-state index contributed by atoms with van der Waals surface area (Å²) in [6, 6.07) is 0. The summed E-state index contributed by atoms with van der Waals surface area (Å²) >= 11 is 0.720. The molecule has 5 nitrogen and oxygen atoms in total. The Labute approximate surface area is 61.3 Å². The highest BCUT2D eigenvalue weighted by Gasteiger charge is 2.24. The number of rotatable bonds is 0. The van der Waals surface area contributed by atoms with Gasteiger partial charge < -0.3 is 0 Å². The van der Waals surface area contributed by atoms with Gasteiger partial charge in [0, 0.05) is 0 Å². The van der Waals surface area contributed by atoms with Crippen molar-refractivity contribution in [3.63, 3.8) is 0 Å². The molecule has 1 aliphatic heterocycles. The topological polar surface area (TPSA) is 83.8 Å². The maximum atomic E-state index is 10.3. The van der Waals surface area contributed by atoms with E-state index in [1.165, 1.54) is 0 Å². The molecule has 1 N–H and O–H groups in total. The first-order valence-corrected chi connectivity index (χ1v) is 4.64. The van der Waals surface area contributed by atoms with Crippen LogP contribution in [0.5, 0.6) is 0 Å². The smallest absolute Gasteiger partial charge is 0.280 e. The van der Waals surface area contributed by atoms with Gasteiger partial charge in [-0.1, -0.05) is 11.8 Å². The van der Waals surface area contributed by atoms with Crippen LogP contribution < -0.4 is 0 Å². The van der Waals surface area contributed by atoms with Crippen molar-refractivity contribution in [2.45, 2.75) is 0 Å². The molecule has 0 saturated heterocycles. The Morgan fingerprint density at radius 2 is 2.20 bits per heavy atom. The van der Waals surface area contributed by atoms with E-state index >= 15 is 0 Å². The zero-order chi connectivity index (χ0) is 7.78. The minimum atomic E-state index is -4.24. The number of aliphatic imine (C=N–C) groups is 1. The lowest BCUT2D eigenvalue weighted by Crippen LogP contribution is -2.06. The lowest BCUT2D eigenvalue weighted by molar-refractivity contribution is -0.115. The number of carbonyl (C=O) groups excluding carboxylic acids is 1. The molecule has 0 bridgehead atoms. The fourth-order valence-corrected chi connectivity index (χ4v) is 1.89. The standard InChI is InChI=1S/C3H3NO4S2/c5-2-1-9-3(4-2)10(6,7)8/h1H2,(H,6,7,8). The predicted molar refractivity (Wildman–Crippen MR) is 36.4 cm³/mol. The normalized spacial score (nSPS) is 19.3. The van der Waals surface area contributed by atoms with Gasteiger partial charge in [0.25, 0.3) is 5.91 Å². The van der Waals surface area contributed by atoms with Crippen LogP contribution in [0.25, 0.3) is 0 Å². The molecular weight excluding hydrogens is 178 g/mol. The number of thioether (sulfide) groups is 1. The second-order valence-electron chi connectivity index (χ2n) is 1.54. The Morgan fingerprint density at radius 1 is 1.60 bits per heavy atom. The van der Waals surface area contributed by atoms with Gasteiger partial charge in [0.2, 0.25) is 4.38 Å². The third-order valence-electron chi connectivity index (χ3n) is 0.756. The van der Waals surface area contributed by atoms with Gasteiger partial charge >= 0.3 is 10.1 Å². The highest BCUT2D eigenvalue weighted by molar-refractivity contribution is 8.34. The van der Waals surface area contributed by atoms with Gasteiger partial charge in [-0.15, -0.1) is 0 Å². The van der Waals surface area contributed by atoms with E-state index in [1.54, 1.807) is 0 Å². The number of hydrogen-bond donors (Lipinski definition) is 1. The Morgan fingerprint density at radius 3 is 2.40 bits per heavy atom. The molecule has 0 aliphatic carbocycles. The summed E-state index contributed by atoms with van der Waals surface area (Å²) in [5.74, 6) is -0.535. The van der Waals surface area contributed by atoms with Crippen LogP contribution in [0.2, 0.25) is 0 Å². The summed E-state index contributed by atoms with van der Waals surface area (Å²) in [5.41, 5.74) is 0. The lowest BCUT2D eigenvalue weighted by atomic mass is 10.8. The van der Waals surface area contributed by atoms with Crippen molar-refractivity contribution in [1.29, 1.82) is 0 Å². The average Bonchev–Trinajstić information content (AvgIpc) is 2.11. The minimum Gasteiger partial charge on any atom is -0.280 e. The Bertz CT molecular complexity index is 290. The summed E-state index contributed by atoms with van der Waals surface area (Å²) < 4.78 is 28.3. The third kappa shape index (κ3) is 1.55. The van der Waals surface area contributed by atoms with E-state index in [1.807, 2.05) is 0 Å². The second-order valence-corrected chi connectivity index (χ2v) is 4.09. The fraction of sp³-hybridized carbons (Fsp3) is 0.333. The van der Waals surface area contributed by atoms with Gasteiger partial charge in [-0.2, -0.15) is 13.4 Å². The van der Waals surface area contributed by atoms with Crippen molar-refractivity contribution < 1.29 is 17.8 Å². The van der Waals surface area contributed by atoms with Crippen LogP contribution >= 0.6 is 11.8 Å². The van der Waals surface area contributed by atoms with Crippen molar-refractivity contribution in [3.8, 4) is 0 Å². The van der Waals surface area contributed by atoms with E-state index < -0.39 is 20.4 Å². The first-order chi connectivity index (χ1) is 4.50. The zero-order valence-electron chi connectivity index (χ0n) is 4.64. The van der Waals surface area contributed by atoms with Gasteiger partial charge in [0.15, 0.2) is 0 Å². The summed E-state index contributed by atoms with van der Waals surface area (Å²) in [6.45, 7) is 0. The first kappa shape index (κ1) is 7.70. The Hall–Kier alpha value is -0.400. The molecule has 1 heterocycles. The third-order valence-corrected chi connectivity index (χ3v) is 3.00. The Balaban J connectivity index is 2.98. The van der Waals surface area contributed by atoms with E-state index in [0.29, 0.717) is 0 Å². The van der Waals surface area contributed by atoms with Gasteiger partial charge in [0.1, 0.15) is 0 Å². The number of hydrogen-bond acceptors (Lipinski definition) is 4. The van der Waals surface area contributed by atoms with Crippen LogP contribution in [-0.4, -0.2) is 29.0 Å². The monoisotopic (exact) mass is 181 g/mol. The molecule has 0 radical (unpaired) electrons. The lowest BCUT2D eigenvalue weighted by Gasteiger charge is -1.88. The molecule has 7 heteroatoms. The number of nitrogens with zero attached hydrogens (tertiary/aromatic N) is 1. The molecule has 0 unspecified atom stereocenters. The second kappa shape index (κ2) is 2.33. The number of amides is 1. The molecule has 0 aromatic carbocycles. The van der Waals surface area contributed by atoms with Crippen LogP contribution in [0.1, 0.15) is 0 Å². The molecule has 1 rings (SSSR count). The van der Waals surface area contributed by atoms with Gasteiger partial charge in [0.05, 0.1) is 5.75 Å². The molecule has 0 aromatic rings. The van der Waals surface area contributed by atoms with Crippen LogP contribution in [0, 0.1) is 0 Å². The largest absolute Gasteiger partial charge is 0.318 e. The predicted octanol–water partition coefficient (Wildman–Crippen LogP) is -0.496. The summed E-state index contributed by atoms with van der Waals surface area (Å²) in [5, 5.41) is 0. The van der Waals surface area contributed by atoms with Gasteiger partial charge in [-0.3, -0.25) is 9.35 Å². The molecule has 0 atom stereocenters. The fourth-order valence-electron chi connectivity index (χ4n) is 0.422. The summed E-state index contributed by atoms with van der Waals surface area (Å²) in [6.07, 6.45) is 0. The summed E-state index contributed by atoms with van der Waals surface area (Å²) in [7, 11) is -4.24. The Kier molecular flexibility index (Phi) is 1.80. The molecule has 0 saturated carbocycles. The van der Waals surface area contributed by atoms with Crippen LogP contribution in [0.3, 0.4) is 0 Å². The average molecular weight is 181 g/mol. The maximum absolute atomic E-state index is 10.3. The SMILES string of the molecule is O=C1CSC(S(=O)(=O)O)=N1. The van der Waals surface area contributed by atoms with Crippen molar-refractivity contribution in [3.05, 3.63) is 0 Å². The quantitative estimate of drug-likeness (QED) is 0.509. The van der Waals surface area contributed by atoms with Crippen molar-refractivity contribution >= 4 is 32.2 Å². The van der Waals surface area contributed by atoms with E-state index in [-0.39, 0.29) is 5.75 Å². The minimum absolute atomic E-state index is 0.00484. The molecule has 1 amide bonds. The van der Waals surface area contributed by atoms with E-state index in [0.717, 1.165) is 11.8 Å². The molecule has 0 fully saturated rings. The van der Waals surface area contributed by atoms with Crippen molar-refractivity contribution in [2.24, 2.45) is 4.99 Å². The van der Waals surface area contributed by atoms with Crippen LogP contribution in [0.15, 0.2) is 4.99 Å². The van der Waals surface area contributed by atoms with Gasteiger partial charge in [-0.25, -0.2) is 0 Å². The number of carbonyl (C=O) groups is 1. The van der Waals surface area contributed by atoms with E-state index in [9.17, 15) is 13.2 Å². The first-order valence-electron chi connectivity index (χ1n) is 2.22. The molecule has 0 spiro atoms.